The van der Waals surface area contributed by atoms with Crippen LogP contribution in [0.2, 0.25) is 0 Å². The number of hydrogen-bond acceptors (Lipinski definition) is 2. The minimum absolute atomic E-state index is 0. The summed E-state index contributed by atoms with van der Waals surface area (Å²) in [6.45, 7) is 7.10. The monoisotopic (exact) mass is 501 g/mol. The molecule has 0 fully saturated rings. The van der Waals surface area contributed by atoms with Crippen molar-refractivity contribution >= 4 is 45.9 Å². The van der Waals surface area contributed by atoms with E-state index in [0.29, 0.717) is 22.9 Å². The normalized spacial score (nSPS) is 11.3. The van der Waals surface area contributed by atoms with Crippen molar-refractivity contribution in [1.29, 1.82) is 0 Å². The molecule has 0 saturated carbocycles. The van der Waals surface area contributed by atoms with Gasteiger partial charge in [0.05, 0.1) is 4.47 Å². The van der Waals surface area contributed by atoms with Crippen LogP contribution in [0.25, 0.3) is 0 Å². The van der Waals surface area contributed by atoms with Gasteiger partial charge in [-0.1, -0.05) is 19.9 Å². The van der Waals surface area contributed by atoms with Crippen molar-refractivity contribution in [3.63, 3.8) is 0 Å². The molecule has 0 unspecified atom stereocenters. The summed E-state index contributed by atoms with van der Waals surface area (Å²) in [7, 11) is 1.72. The fourth-order valence-electron chi connectivity index (χ4n) is 1.76. The van der Waals surface area contributed by atoms with E-state index in [1.807, 2.05) is 6.07 Å². The van der Waals surface area contributed by atoms with Gasteiger partial charge in [0, 0.05) is 33.4 Å². The van der Waals surface area contributed by atoms with Crippen molar-refractivity contribution in [2.45, 2.75) is 26.8 Å². The molecule has 2 N–H and O–H groups in total. The first-order valence-electron chi connectivity index (χ1n) is 7.49. The van der Waals surface area contributed by atoms with Crippen LogP contribution >= 0.6 is 39.9 Å². The van der Waals surface area contributed by atoms with E-state index >= 15 is 0 Å². The summed E-state index contributed by atoms with van der Waals surface area (Å²) in [4.78, 5) is 4.14. The molecule has 0 radical (unpaired) electrons. The van der Waals surface area contributed by atoms with Crippen LogP contribution in [0.1, 0.15) is 25.8 Å². The molecule has 132 valence electrons. The fraction of sp³-hybridized carbons (Fsp3) is 0.562. The van der Waals surface area contributed by atoms with E-state index in [4.69, 9.17) is 4.74 Å². The lowest BCUT2D eigenvalue weighted by atomic mass is 10.2. The molecule has 0 spiro atoms. The van der Waals surface area contributed by atoms with Crippen LogP contribution in [0, 0.1) is 11.7 Å². The topological polar surface area (TPSA) is 45.7 Å². The summed E-state index contributed by atoms with van der Waals surface area (Å²) in [6, 6.07) is 5.08. The number of benzene rings is 1. The number of ether oxygens (including phenoxy) is 1. The lowest BCUT2D eigenvalue weighted by Gasteiger charge is -2.12. The van der Waals surface area contributed by atoms with Gasteiger partial charge in [0.25, 0.3) is 0 Å². The highest BCUT2D eigenvalue weighted by atomic mass is 127. The maximum atomic E-state index is 13.4. The maximum Gasteiger partial charge on any atom is 0.191 e. The third-order valence-electron chi connectivity index (χ3n) is 2.88. The van der Waals surface area contributed by atoms with Crippen molar-refractivity contribution in [3.8, 4) is 0 Å². The first kappa shape index (κ1) is 22.6. The van der Waals surface area contributed by atoms with Crippen LogP contribution in [0.4, 0.5) is 4.39 Å². The van der Waals surface area contributed by atoms with E-state index in [-0.39, 0.29) is 29.8 Å². The lowest BCUT2D eigenvalue weighted by molar-refractivity contribution is 0.108. The predicted octanol–water partition coefficient (Wildman–Crippen LogP) is 3.93. The van der Waals surface area contributed by atoms with Gasteiger partial charge in [0.1, 0.15) is 5.82 Å². The Balaban J connectivity index is 0.00000484. The highest BCUT2D eigenvalue weighted by Gasteiger charge is 2.02. The highest BCUT2D eigenvalue weighted by molar-refractivity contribution is 14.0. The fourth-order valence-corrected chi connectivity index (χ4v) is 2.00. The number of aliphatic imine (C=N–C) groups is 1. The molecule has 0 aromatic heterocycles. The van der Waals surface area contributed by atoms with Crippen molar-refractivity contribution in [1.82, 2.24) is 10.6 Å². The van der Waals surface area contributed by atoms with Gasteiger partial charge in [-0.3, -0.25) is 4.99 Å². The minimum Gasteiger partial charge on any atom is -0.381 e. The maximum absolute atomic E-state index is 13.4. The van der Waals surface area contributed by atoms with Gasteiger partial charge >= 0.3 is 0 Å². The third-order valence-corrected chi connectivity index (χ3v) is 3.52. The first-order chi connectivity index (χ1) is 10.5. The van der Waals surface area contributed by atoms with Crippen LogP contribution in [0.15, 0.2) is 27.7 Å². The molecule has 0 aliphatic carbocycles. The minimum atomic E-state index is -0.260. The van der Waals surface area contributed by atoms with Gasteiger partial charge in [0.15, 0.2) is 5.96 Å². The largest absolute Gasteiger partial charge is 0.381 e. The van der Waals surface area contributed by atoms with E-state index in [9.17, 15) is 4.39 Å². The zero-order chi connectivity index (χ0) is 16.4. The molecule has 1 aromatic carbocycles. The Bertz CT molecular complexity index is 486. The summed E-state index contributed by atoms with van der Waals surface area (Å²) < 4.78 is 19.4. The molecule has 1 aromatic rings. The molecule has 0 aliphatic heterocycles. The average molecular weight is 502 g/mol. The third kappa shape index (κ3) is 10.1. The molecule has 0 saturated heterocycles. The van der Waals surface area contributed by atoms with Gasteiger partial charge in [0.2, 0.25) is 0 Å². The molecule has 1 rings (SSSR count). The van der Waals surface area contributed by atoms with Gasteiger partial charge in [-0.25, -0.2) is 4.39 Å². The molecule has 0 atom stereocenters. The summed E-state index contributed by atoms with van der Waals surface area (Å²) in [6.07, 6.45) is 0.917. The average Bonchev–Trinajstić information content (AvgIpc) is 2.49. The van der Waals surface area contributed by atoms with E-state index in [0.717, 1.165) is 31.7 Å². The first-order valence-corrected chi connectivity index (χ1v) is 8.28. The number of rotatable bonds is 8. The second kappa shape index (κ2) is 12.9. The number of guanidine groups is 1. The number of hydrogen-bond donors (Lipinski definition) is 2. The van der Waals surface area contributed by atoms with E-state index in [2.05, 4.69) is 45.4 Å². The Morgan fingerprint density at radius 3 is 2.70 bits per heavy atom. The second-order valence-corrected chi connectivity index (χ2v) is 6.28. The Morgan fingerprint density at radius 2 is 2.09 bits per heavy atom. The van der Waals surface area contributed by atoms with Crippen molar-refractivity contribution in [2.75, 3.05) is 26.8 Å². The number of halogens is 3. The highest BCUT2D eigenvalue weighted by Crippen LogP contribution is 2.16. The van der Waals surface area contributed by atoms with Crippen molar-refractivity contribution < 1.29 is 9.13 Å². The molecule has 7 heteroatoms. The molecule has 0 bridgehead atoms. The molecule has 0 heterocycles. The number of nitrogens with zero attached hydrogens (tertiary/aromatic N) is 1. The van der Waals surface area contributed by atoms with Crippen molar-refractivity contribution in [2.24, 2.45) is 10.9 Å². The quantitative estimate of drug-likeness (QED) is 0.245. The summed E-state index contributed by atoms with van der Waals surface area (Å²) in [5, 5.41) is 6.37. The standard InChI is InChI=1S/C16H25BrFN3O.HI/c1-12(2)11-22-8-4-7-20-16(19-3)21-10-13-5-6-14(17)15(18)9-13;/h5-6,9,12H,4,7-8,10-11H2,1-3H3,(H2,19,20,21);1H. The smallest absolute Gasteiger partial charge is 0.191 e. The molecule has 4 nitrogen and oxygen atoms in total. The van der Waals surface area contributed by atoms with Crippen LogP contribution < -0.4 is 10.6 Å². The molecule has 0 aliphatic rings. The zero-order valence-electron chi connectivity index (χ0n) is 13.9. The van der Waals surface area contributed by atoms with E-state index in [1.165, 1.54) is 6.07 Å². The SMILES string of the molecule is CN=C(NCCCOCC(C)C)NCc1ccc(Br)c(F)c1.I. The Morgan fingerprint density at radius 1 is 1.35 bits per heavy atom. The molecule has 0 amide bonds. The number of nitrogens with one attached hydrogen (secondary N) is 2. The summed E-state index contributed by atoms with van der Waals surface area (Å²) in [5.74, 6) is 1.01. The summed E-state index contributed by atoms with van der Waals surface area (Å²) >= 11 is 3.14. The lowest BCUT2D eigenvalue weighted by Crippen LogP contribution is -2.37. The van der Waals surface area contributed by atoms with E-state index in [1.54, 1.807) is 13.1 Å². The summed E-state index contributed by atoms with van der Waals surface area (Å²) in [5.41, 5.74) is 0.865. The Hall–Kier alpha value is -0.410. The molecular formula is C16H26BrFIN3O. The van der Waals surface area contributed by atoms with Crippen molar-refractivity contribution in [3.05, 3.63) is 34.1 Å². The van der Waals surface area contributed by atoms with Crippen LogP contribution in [-0.2, 0) is 11.3 Å². The predicted molar refractivity (Wildman–Crippen MR) is 108 cm³/mol. The molecular weight excluding hydrogens is 476 g/mol. The van der Waals surface area contributed by atoms with Gasteiger partial charge < -0.3 is 15.4 Å². The molecule has 23 heavy (non-hydrogen) atoms. The van der Waals surface area contributed by atoms with Crippen LogP contribution in [-0.4, -0.2) is 32.8 Å². The van der Waals surface area contributed by atoms with Gasteiger partial charge in [-0.2, -0.15) is 0 Å². The van der Waals surface area contributed by atoms with Gasteiger partial charge in [-0.05, 0) is 46.0 Å². The van der Waals surface area contributed by atoms with Crippen LogP contribution in [0.3, 0.4) is 0 Å². The van der Waals surface area contributed by atoms with Crippen LogP contribution in [0.5, 0.6) is 0 Å². The Kier molecular flexibility index (Phi) is 12.7. The Labute approximate surface area is 163 Å². The van der Waals surface area contributed by atoms with Gasteiger partial charge in [-0.15, -0.1) is 24.0 Å². The second-order valence-electron chi connectivity index (χ2n) is 5.42. The zero-order valence-corrected chi connectivity index (χ0v) is 17.8. The van der Waals surface area contributed by atoms with E-state index < -0.39 is 0 Å².